The summed E-state index contributed by atoms with van der Waals surface area (Å²) in [5.41, 5.74) is -0.399. The van der Waals surface area contributed by atoms with Gasteiger partial charge in [-0.05, 0) is 42.4 Å². The normalized spacial score (nSPS) is 52.5. The summed E-state index contributed by atoms with van der Waals surface area (Å²) in [4.78, 5) is 11.7. The first-order chi connectivity index (χ1) is 7.66. The van der Waals surface area contributed by atoms with Crippen LogP contribution < -0.4 is 0 Å². The van der Waals surface area contributed by atoms with Gasteiger partial charge in [0.25, 0.3) is 0 Å². The van der Waals surface area contributed by atoms with Crippen molar-refractivity contribution in [3.63, 3.8) is 0 Å². The number of carboxylic acid groups (broad SMARTS) is 1. The lowest BCUT2D eigenvalue weighted by atomic mass is 9.42. The molecule has 3 rings (SSSR count). The summed E-state index contributed by atoms with van der Waals surface area (Å²) in [6.07, 6.45) is 7.68. The van der Waals surface area contributed by atoms with Gasteiger partial charge in [0.15, 0.2) is 0 Å². The SMILES string of the molecule is CCC1C2C3C=CC(C3)C2C1(CC)C(=O)O. The highest BCUT2D eigenvalue weighted by molar-refractivity contribution is 5.77. The molecule has 0 amide bonds. The van der Waals surface area contributed by atoms with Crippen LogP contribution in [-0.4, -0.2) is 11.1 Å². The average molecular weight is 220 g/mol. The van der Waals surface area contributed by atoms with Crippen LogP contribution in [0.25, 0.3) is 0 Å². The molecule has 88 valence electrons. The van der Waals surface area contributed by atoms with Crippen molar-refractivity contribution in [2.24, 2.45) is 35.0 Å². The van der Waals surface area contributed by atoms with Gasteiger partial charge >= 0.3 is 5.97 Å². The molecule has 1 N–H and O–H groups in total. The maximum Gasteiger partial charge on any atom is 0.310 e. The smallest absolute Gasteiger partial charge is 0.310 e. The molecular formula is C14H20O2. The standard InChI is InChI=1S/C14H20O2/c1-3-10-11-8-5-6-9(7-8)12(11)14(10,4-2)13(15)16/h5-6,8-12H,3-4,7H2,1-2H3,(H,15,16). The summed E-state index contributed by atoms with van der Waals surface area (Å²) >= 11 is 0. The number of allylic oxidation sites excluding steroid dienone is 2. The van der Waals surface area contributed by atoms with E-state index in [1.807, 2.05) is 0 Å². The van der Waals surface area contributed by atoms with E-state index in [0.717, 1.165) is 12.8 Å². The van der Waals surface area contributed by atoms with Crippen LogP contribution in [0.15, 0.2) is 12.2 Å². The Morgan fingerprint density at radius 1 is 1.38 bits per heavy atom. The maximum absolute atomic E-state index is 11.7. The van der Waals surface area contributed by atoms with Crippen LogP contribution in [-0.2, 0) is 4.79 Å². The van der Waals surface area contributed by atoms with Crippen molar-refractivity contribution in [2.75, 3.05) is 0 Å². The van der Waals surface area contributed by atoms with Crippen LogP contribution in [0.1, 0.15) is 33.1 Å². The van der Waals surface area contributed by atoms with E-state index in [4.69, 9.17) is 0 Å². The van der Waals surface area contributed by atoms with Crippen LogP contribution in [0.5, 0.6) is 0 Å². The molecule has 6 unspecified atom stereocenters. The number of carbonyl (C=O) groups is 1. The van der Waals surface area contributed by atoms with E-state index in [-0.39, 0.29) is 0 Å². The average Bonchev–Trinajstić information content (AvgIpc) is 2.77. The molecule has 2 saturated carbocycles. The van der Waals surface area contributed by atoms with Gasteiger partial charge in [0.1, 0.15) is 0 Å². The first-order valence-electron chi connectivity index (χ1n) is 6.58. The van der Waals surface area contributed by atoms with E-state index in [9.17, 15) is 9.90 Å². The van der Waals surface area contributed by atoms with Gasteiger partial charge in [0.05, 0.1) is 5.41 Å². The molecule has 3 aliphatic rings. The minimum atomic E-state index is -0.538. The molecule has 0 radical (unpaired) electrons. The topological polar surface area (TPSA) is 37.3 Å². The van der Waals surface area contributed by atoms with Crippen molar-refractivity contribution >= 4 is 5.97 Å². The second-order valence-electron chi connectivity index (χ2n) is 5.77. The van der Waals surface area contributed by atoms with Crippen LogP contribution in [0.2, 0.25) is 0 Å². The lowest BCUT2D eigenvalue weighted by Gasteiger charge is -2.60. The van der Waals surface area contributed by atoms with Crippen molar-refractivity contribution in [3.8, 4) is 0 Å². The van der Waals surface area contributed by atoms with E-state index in [1.165, 1.54) is 6.42 Å². The molecule has 0 spiro atoms. The molecule has 2 heteroatoms. The van der Waals surface area contributed by atoms with Crippen molar-refractivity contribution < 1.29 is 9.90 Å². The fourth-order valence-electron chi connectivity index (χ4n) is 5.19. The third-order valence-corrected chi connectivity index (χ3v) is 5.66. The summed E-state index contributed by atoms with van der Waals surface area (Å²) in [5, 5.41) is 9.64. The number of aliphatic carboxylic acids is 1. The monoisotopic (exact) mass is 220 g/mol. The zero-order valence-electron chi connectivity index (χ0n) is 10.0. The third-order valence-electron chi connectivity index (χ3n) is 5.66. The molecule has 2 fully saturated rings. The predicted octanol–water partition coefficient (Wildman–Crippen LogP) is 2.95. The van der Waals surface area contributed by atoms with E-state index >= 15 is 0 Å². The molecule has 0 aromatic heterocycles. The quantitative estimate of drug-likeness (QED) is 0.742. The van der Waals surface area contributed by atoms with Crippen LogP contribution in [0.3, 0.4) is 0 Å². The number of rotatable bonds is 3. The van der Waals surface area contributed by atoms with Crippen molar-refractivity contribution in [2.45, 2.75) is 33.1 Å². The van der Waals surface area contributed by atoms with E-state index in [2.05, 4.69) is 26.0 Å². The van der Waals surface area contributed by atoms with Gasteiger partial charge < -0.3 is 5.11 Å². The molecular weight excluding hydrogens is 200 g/mol. The third kappa shape index (κ3) is 0.884. The minimum absolute atomic E-state index is 0.399. The van der Waals surface area contributed by atoms with Crippen molar-refractivity contribution in [1.82, 2.24) is 0 Å². The Morgan fingerprint density at radius 3 is 2.62 bits per heavy atom. The molecule has 0 aromatic carbocycles. The highest BCUT2D eigenvalue weighted by Crippen LogP contribution is 2.71. The highest BCUT2D eigenvalue weighted by atomic mass is 16.4. The number of hydrogen-bond acceptors (Lipinski definition) is 1. The van der Waals surface area contributed by atoms with Crippen LogP contribution in [0.4, 0.5) is 0 Å². The van der Waals surface area contributed by atoms with Crippen molar-refractivity contribution in [1.29, 1.82) is 0 Å². The summed E-state index contributed by atoms with van der Waals surface area (Å²) < 4.78 is 0. The maximum atomic E-state index is 11.7. The first kappa shape index (κ1) is 10.4. The summed E-state index contributed by atoms with van der Waals surface area (Å²) in [7, 11) is 0. The van der Waals surface area contributed by atoms with Crippen LogP contribution in [0, 0.1) is 35.0 Å². The summed E-state index contributed by atoms with van der Waals surface area (Å²) in [5.74, 6) is 2.25. The number of hydrogen-bond donors (Lipinski definition) is 1. The fraction of sp³-hybridized carbons (Fsp3) is 0.786. The zero-order chi connectivity index (χ0) is 11.5. The van der Waals surface area contributed by atoms with Gasteiger partial charge in [-0.1, -0.05) is 32.4 Å². The van der Waals surface area contributed by atoms with E-state index < -0.39 is 11.4 Å². The van der Waals surface area contributed by atoms with Gasteiger partial charge in [-0.3, -0.25) is 4.79 Å². The lowest BCUT2D eigenvalue weighted by molar-refractivity contribution is -0.190. The molecule has 16 heavy (non-hydrogen) atoms. The Kier molecular flexibility index (Phi) is 2.02. The Hall–Kier alpha value is -0.790. The molecule has 0 aromatic rings. The van der Waals surface area contributed by atoms with Crippen LogP contribution >= 0.6 is 0 Å². The zero-order valence-corrected chi connectivity index (χ0v) is 10.0. The Balaban J connectivity index is 2.01. The first-order valence-corrected chi connectivity index (χ1v) is 6.58. The highest BCUT2D eigenvalue weighted by Gasteiger charge is 2.70. The number of fused-ring (bicyclic) bond motifs is 5. The molecule has 0 saturated heterocycles. The van der Waals surface area contributed by atoms with Gasteiger partial charge in [-0.2, -0.15) is 0 Å². The molecule has 2 bridgehead atoms. The molecule has 6 atom stereocenters. The van der Waals surface area contributed by atoms with Gasteiger partial charge in [0.2, 0.25) is 0 Å². The van der Waals surface area contributed by atoms with Gasteiger partial charge in [-0.15, -0.1) is 0 Å². The Bertz CT molecular complexity index is 360. The largest absolute Gasteiger partial charge is 0.481 e. The predicted molar refractivity (Wildman–Crippen MR) is 61.9 cm³/mol. The van der Waals surface area contributed by atoms with E-state index in [1.54, 1.807) is 0 Å². The second kappa shape index (κ2) is 3.12. The summed E-state index contributed by atoms with van der Waals surface area (Å²) in [6, 6.07) is 0. The number of carboxylic acids is 1. The van der Waals surface area contributed by atoms with Gasteiger partial charge in [0, 0.05) is 0 Å². The Morgan fingerprint density at radius 2 is 2.06 bits per heavy atom. The molecule has 0 aliphatic heterocycles. The lowest BCUT2D eigenvalue weighted by Crippen LogP contribution is -2.61. The fourth-order valence-corrected chi connectivity index (χ4v) is 5.19. The van der Waals surface area contributed by atoms with Gasteiger partial charge in [-0.25, -0.2) is 0 Å². The second-order valence-corrected chi connectivity index (χ2v) is 5.77. The Labute approximate surface area is 96.7 Å². The molecule has 3 aliphatic carbocycles. The molecule has 2 nitrogen and oxygen atoms in total. The minimum Gasteiger partial charge on any atom is -0.481 e. The molecule has 0 heterocycles. The van der Waals surface area contributed by atoms with E-state index in [0.29, 0.717) is 29.6 Å². The van der Waals surface area contributed by atoms with Crippen molar-refractivity contribution in [3.05, 3.63) is 12.2 Å². The summed E-state index contributed by atoms with van der Waals surface area (Å²) in [6.45, 7) is 4.21.